The summed E-state index contributed by atoms with van der Waals surface area (Å²) in [6, 6.07) is 0. The number of carboxylic acid groups (broad SMARTS) is 1. The predicted molar refractivity (Wildman–Crippen MR) is 49.5 cm³/mol. The van der Waals surface area contributed by atoms with Crippen molar-refractivity contribution < 1.29 is 14.6 Å². The molecular formula is C10H18O3. The first-order valence-corrected chi connectivity index (χ1v) is 4.75. The van der Waals surface area contributed by atoms with Crippen molar-refractivity contribution in [3.05, 3.63) is 0 Å². The Hall–Kier alpha value is -0.570. The number of carbonyl (C=O) groups is 1. The van der Waals surface area contributed by atoms with Gasteiger partial charge >= 0.3 is 5.97 Å². The van der Waals surface area contributed by atoms with Gasteiger partial charge in [0.1, 0.15) is 0 Å². The second-order valence-electron chi connectivity index (χ2n) is 4.50. The minimum absolute atomic E-state index is 0.0484. The van der Waals surface area contributed by atoms with Gasteiger partial charge in [0.2, 0.25) is 0 Å². The van der Waals surface area contributed by atoms with Crippen LogP contribution in [0, 0.1) is 11.8 Å². The van der Waals surface area contributed by atoms with Crippen LogP contribution in [0.4, 0.5) is 0 Å². The minimum atomic E-state index is -0.698. The summed E-state index contributed by atoms with van der Waals surface area (Å²) >= 11 is 0. The first kappa shape index (κ1) is 10.5. The lowest BCUT2D eigenvalue weighted by Gasteiger charge is -2.43. The van der Waals surface area contributed by atoms with Gasteiger partial charge in [0.15, 0.2) is 0 Å². The summed E-state index contributed by atoms with van der Waals surface area (Å²) in [5, 5.41) is 9.00. The fraction of sp³-hybridized carbons (Fsp3) is 0.900. The molecule has 1 saturated heterocycles. The fourth-order valence-corrected chi connectivity index (χ4v) is 2.03. The van der Waals surface area contributed by atoms with Crippen LogP contribution >= 0.6 is 0 Å². The highest BCUT2D eigenvalue weighted by molar-refractivity contribution is 5.70. The van der Waals surface area contributed by atoms with E-state index in [4.69, 9.17) is 9.84 Å². The lowest BCUT2D eigenvalue weighted by Crippen LogP contribution is -2.48. The molecule has 3 nitrogen and oxygen atoms in total. The van der Waals surface area contributed by atoms with Crippen LogP contribution in [0.1, 0.15) is 34.1 Å². The van der Waals surface area contributed by atoms with E-state index in [-0.39, 0.29) is 23.5 Å². The van der Waals surface area contributed by atoms with E-state index < -0.39 is 5.97 Å². The molecule has 1 heterocycles. The van der Waals surface area contributed by atoms with Gasteiger partial charge in [-0.1, -0.05) is 6.92 Å². The first-order valence-electron chi connectivity index (χ1n) is 4.75. The van der Waals surface area contributed by atoms with E-state index in [2.05, 4.69) is 0 Å². The summed E-state index contributed by atoms with van der Waals surface area (Å²) < 4.78 is 5.70. The van der Waals surface area contributed by atoms with E-state index in [1.54, 1.807) is 0 Å². The Labute approximate surface area is 79.1 Å². The normalized spacial score (nSPS) is 38.6. The summed E-state index contributed by atoms with van der Waals surface area (Å²) in [7, 11) is 0. The smallest absolute Gasteiger partial charge is 0.306 e. The quantitative estimate of drug-likeness (QED) is 0.680. The molecule has 0 radical (unpaired) electrons. The number of rotatable bonds is 1. The van der Waals surface area contributed by atoms with Gasteiger partial charge in [-0.15, -0.1) is 0 Å². The summed E-state index contributed by atoms with van der Waals surface area (Å²) in [6.45, 7) is 7.81. The van der Waals surface area contributed by atoms with Gasteiger partial charge in [-0.3, -0.25) is 4.79 Å². The molecule has 0 spiro atoms. The summed E-state index contributed by atoms with van der Waals surface area (Å²) in [5.41, 5.74) is -0.319. The molecule has 0 amide bonds. The van der Waals surface area contributed by atoms with Crippen LogP contribution in [0.5, 0.6) is 0 Å². The number of aliphatic carboxylic acids is 1. The lowest BCUT2D eigenvalue weighted by atomic mass is 9.76. The molecule has 1 N–H and O–H groups in total. The maximum absolute atomic E-state index is 10.9. The van der Waals surface area contributed by atoms with Gasteiger partial charge in [0, 0.05) is 0 Å². The molecule has 0 bridgehead atoms. The summed E-state index contributed by atoms with van der Waals surface area (Å²) in [5.74, 6) is -0.893. The van der Waals surface area contributed by atoms with Crippen LogP contribution < -0.4 is 0 Å². The van der Waals surface area contributed by atoms with E-state index in [1.807, 2.05) is 27.7 Å². The largest absolute Gasteiger partial charge is 0.481 e. The van der Waals surface area contributed by atoms with Gasteiger partial charge in [-0.25, -0.2) is 0 Å². The summed E-state index contributed by atoms with van der Waals surface area (Å²) in [6.07, 6.45) is 0.673. The average molecular weight is 186 g/mol. The third-order valence-corrected chi connectivity index (χ3v) is 3.11. The molecule has 3 unspecified atom stereocenters. The third kappa shape index (κ3) is 2.02. The molecule has 0 aromatic rings. The molecule has 0 aromatic heterocycles. The van der Waals surface area contributed by atoms with Crippen molar-refractivity contribution in [3.63, 3.8) is 0 Å². The van der Waals surface area contributed by atoms with E-state index in [9.17, 15) is 4.79 Å². The first-order chi connectivity index (χ1) is 5.84. The molecule has 0 aromatic carbocycles. The maximum Gasteiger partial charge on any atom is 0.306 e. The molecule has 1 rings (SSSR count). The molecule has 1 aliphatic rings. The van der Waals surface area contributed by atoms with Gasteiger partial charge in [0.25, 0.3) is 0 Å². The number of hydrogen-bond acceptors (Lipinski definition) is 2. The van der Waals surface area contributed by atoms with Gasteiger partial charge in [0.05, 0.1) is 17.6 Å². The Morgan fingerprint density at radius 3 is 2.46 bits per heavy atom. The third-order valence-electron chi connectivity index (χ3n) is 3.11. The molecule has 3 heteroatoms. The van der Waals surface area contributed by atoms with Crippen LogP contribution in [-0.4, -0.2) is 22.8 Å². The number of ether oxygens (including phenoxy) is 1. The van der Waals surface area contributed by atoms with E-state index in [0.717, 1.165) is 0 Å². The van der Waals surface area contributed by atoms with Crippen molar-refractivity contribution in [2.24, 2.45) is 11.8 Å². The Morgan fingerprint density at radius 1 is 1.46 bits per heavy atom. The molecule has 3 atom stereocenters. The monoisotopic (exact) mass is 186 g/mol. The molecule has 1 fully saturated rings. The predicted octanol–water partition coefficient (Wildman–Crippen LogP) is 1.91. The Bertz CT molecular complexity index is 210. The molecule has 1 aliphatic heterocycles. The highest BCUT2D eigenvalue weighted by Crippen LogP contribution is 2.37. The van der Waals surface area contributed by atoms with Crippen molar-refractivity contribution in [2.75, 3.05) is 0 Å². The van der Waals surface area contributed by atoms with Crippen LogP contribution in [0.2, 0.25) is 0 Å². The topological polar surface area (TPSA) is 46.5 Å². The SMILES string of the molecule is CC1CC(C(=O)O)C(C)C(C)(C)O1. The van der Waals surface area contributed by atoms with Crippen molar-refractivity contribution in [1.82, 2.24) is 0 Å². The van der Waals surface area contributed by atoms with Crippen molar-refractivity contribution in [2.45, 2.75) is 45.8 Å². The summed E-state index contributed by atoms with van der Waals surface area (Å²) in [4.78, 5) is 10.9. The molecule has 0 aliphatic carbocycles. The highest BCUT2D eigenvalue weighted by atomic mass is 16.5. The Balaban J connectivity index is 2.81. The maximum atomic E-state index is 10.9. The zero-order valence-corrected chi connectivity index (χ0v) is 8.70. The minimum Gasteiger partial charge on any atom is -0.481 e. The zero-order chi connectivity index (χ0) is 10.2. The lowest BCUT2D eigenvalue weighted by molar-refractivity contribution is -0.176. The van der Waals surface area contributed by atoms with Crippen molar-refractivity contribution in [1.29, 1.82) is 0 Å². The Kier molecular flexibility index (Phi) is 2.66. The second kappa shape index (κ2) is 3.29. The number of carboxylic acids is 1. The van der Waals surface area contributed by atoms with Crippen LogP contribution in [0.15, 0.2) is 0 Å². The molecule has 13 heavy (non-hydrogen) atoms. The molecular weight excluding hydrogens is 168 g/mol. The van der Waals surface area contributed by atoms with Gasteiger partial charge in [-0.05, 0) is 33.1 Å². The highest BCUT2D eigenvalue weighted by Gasteiger charge is 2.43. The van der Waals surface area contributed by atoms with Crippen LogP contribution in [0.3, 0.4) is 0 Å². The van der Waals surface area contributed by atoms with E-state index >= 15 is 0 Å². The van der Waals surface area contributed by atoms with Crippen LogP contribution in [-0.2, 0) is 9.53 Å². The van der Waals surface area contributed by atoms with Gasteiger partial charge < -0.3 is 9.84 Å². The average Bonchev–Trinajstić information content (AvgIpc) is 1.95. The standard InChI is InChI=1S/C10H18O3/c1-6-5-8(9(11)12)7(2)10(3,4)13-6/h6-8H,5H2,1-4H3,(H,11,12). The van der Waals surface area contributed by atoms with Crippen molar-refractivity contribution >= 4 is 5.97 Å². The molecule has 0 saturated carbocycles. The fourth-order valence-electron chi connectivity index (χ4n) is 2.03. The van der Waals surface area contributed by atoms with E-state index in [1.165, 1.54) is 0 Å². The van der Waals surface area contributed by atoms with Crippen molar-refractivity contribution in [3.8, 4) is 0 Å². The zero-order valence-electron chi connectivity index (χ0n) is 8.70. The Morgan fingerprint density at radius 2 is 2.00 bits per heavy atom. The molecule has 76 valence electrons. The second-order valence-corrected chi connectivity index (χ2v) is 4.50. The number of hydrogen-bond donors (Lipinski definition) is 1. The van der Waals surface area contributed by atoms with Crippen LogP contribution in [0.25, 0.3) is 0 Å². The van der Waals surface area contributed by atoms with E-state index in [0.29, 0.717) is 6.42 Å². The van der Waals surface area contributed by atoms with Gasteiger partial charge in [-0.2, -0.15) is 0 Å².